The standard InChI is InChI=1S/C10H20O2.C4H9NO.3C2H6/c1-4-5-8-12-10(3)7-6-9(2)11;1-2-3-4(5)6;3*1-2/h10H,4-8H2,1-3H3;2-3H2,1H3,(H2,5,6);3*1-2H3. The van der Waals surface area contributed by atoms with Crippen molar-refractivity contribution in [3.63, 3.8) is 0 Å². The number of ether oxygens (including phenoxy) is 1. The molecule has 0 aromatic heterocycles. The predicted octanol–water partition coefficient (Wildman–Crippen LogP) is 5.91. The SMILES string of the molecule is CC.CC.CC.CCCC(N)=O.CCCCOC(C)CCC(C)=O. The highest BCUT2D eigenvalue weighted by Gasteiger charge is 2.02. The van der Waals surface area contributed by atoms with Crippen LogP contribution in [0, 0.1) is 0 Å². The molecule has 4 nitrogen and oxygen atoms in total. The third kappa shape index (κ3) is 58.2. The van der Waals surface area contributed by atoms with Gasteiger partial charge in [0.1, 0.15) is 5.78 Å². The first kappa shape index (κ1) is 34.4. The van der Waals surface area contributed by atoms with E-state index >= 15 is 0 Å². The number of ketones is 1. The number of primary amides is 1. The lowest BCUT2D eigenvalue weighted by molar-refractivity contribution is -0.118. The summed E-state index contributed by atoms with van der Waals surface area (Å²) in [4.78, 5) is 20.4. The molecule has 1 amide bonds. The number of carbonyl (C=O) groups is 2. The molecule has 0 heterocycles. The van der Waals surface area contributed by atoms with Crippen LogP contribution in [-0.4, -0.2) is 24.4 Å². The van der Waals surface area contributed by atoms with Gasteiger partial charge in [-0.3, -0.25) is 4.79 Å². The van der Waals surface area contributed by atoms with Gasteiger partial charge < -0.3 is 15.3 Å². The van der Waals surface area contributed by atoms with Crippen molar-refractivity contribution in [3.05, 3.63) is 0 Å². The van der Waals surface area contributed by atoms with Gasteiger partial charge in [0, 0.05) is 19.4 Å². The first-order valence-electron chi connectivity index (χ1n) is 9.83. The Labute approximate surface area is 152 Å². The van der Waals surface area contributed by atoms with Crippen LogP contribution in [0.5, 0.6) is 0 Å². The maximum Gasteiger partial charge on any atom is 0.217 e. The third-order valence-corrected chi connectivity index (χ3v) is 2.30. The van der Waals surface area contributed by atoms with Crippen molar-refractivity contribution in [2.24, 2.45) is 5.73 Å². The van der Waals surface area contributed by atoms with Crippen LogP contribution in [0.4, 0.5) is 0 Å². The van der Waals surface area contributed by atoms with Gasteiger partial charge in [-0.05, 0) is 33.1 Å². The molecule has 0 aliphatic heterocycles. The summed E-state index contributed by atoms with van der Waals surface area (Å²) in [6, 6.07) is 0. The Morgan fingerprint density at radius 1 is 0.917 bits per heavy atom. The summed E-state index contributed by atoms with van der Waals surface area (Å²) in [7, 11) is 0. The van der Waals surface area contributed by atoms with Crippen LogP contribution in [0.15, 0.2) is 0 Å². The molecule has 24 heavy (non-hydrogen) atoms. The topological polar surface area (TPSA) is 69.4 Å². The predicted molar refractivity (Wildman–Crippen MR) is 108 cm³/mol. The molecule has 150 valence electrons. The summed E-state index contributed by atoms with van der Waals surface area (Å²) >= 11 is 0. The molecule has 4 heteroatoms. The highest BCUT2D eigenvalue weighted by atomic mass is 16.5. The zero-order valence-corrected chi connectivity index (χ0v) is 18.3. The van der Waals surface area contributed by atoms with Gasteiger partial charge in [-0.25, -0.2) is 0 Å². The van der Waals surface area contributed by atoms with Gasteiger partial charge in [0.05, 0.1) is 6.10 Å². The van der Waals surface area contributed by atoms with E-state index in [0.717, 1.165) is 25.9 Å². The summed E-state index contributed by atoms with van der Waals surface area (Å²) < 4.78 is 5.48. The second kappa shape index (κ2) is 38.0. The van der Waals surface area contributed by atoms with Gasteiger partial charge in [-0.1, -0.05) is 61.8 Å². The average molecular weight is 350 g/mol. The summed E-state index contributed by atoms with van der Waals surface area (Å²) in [5, 5.41) is 0. The summed E-state index contributed by atoms with van der Waals surface area (Å²) in [6.45, 7) is 20.5. The molecule has 2 N–H and O–H groups in total. The Balaban J connectivity index is -0.0000000843. The van der Waals surface area contributed by atoms with Crippen molar-refractivity contribution in [2.45, 2.75) is 114 Å². The molecule has 0 aromatic carbocycles. The maximum atomic E-state index is 10.6. The summed E-state index contributed by atoms with van der Waals surface area (Å²) in [5.41, 5.74) is 4.76. The van der Waals surface area contributed by atoms with Crippen molar-refractivity contribution >= 4 is 11.7 Å². The highest BCUT2D eigenvalue weighted by Crippen LogP contribution is 2.03. The minimum absolute atomic E-state index is 0.211. The molecule has 0 fully saturated rings. The van der Waals surface area contributed by atoms with Crippen molar-refractivity contribution in [1.82, 2.24) is 0 Å². The Morgan fingerprint density at radius 2 is 1.38 bits per heavy atom. The molecule has 0 saturated heterocycles. The average Bonchev–Trinajstić information content (AvgIpc) is 2.59. The third-order valence-electron chi connectivity index (χ3n) is 2.30. The monoisotopic (exact) mass is 349 g/mol. The van der Waals surface area contributed by atoms with Crippen LogP contribution < -0.4 is 5.73 Å². The van der Waals surface area contributed by atoms with Crippen LogP contribution in [0.1, 0.15) is 108 Å². The fraction of sp³-hybridized carbons (Fsp3) is 0.900. The highest BCUT2D eigenvalue weighted by molar-refractivity contribution is 5.75. The van der Waals surface area contributed by atoms with Crippen LogP contribution >= 0.6 is 0 Å². The molecule has 0 aliphatic rings. The number of carbonyl (C=O) groups excluding carboxylic acids is 2. The number of amides is 1. The molecule has 1 atom stereocenters. The minimum Gasteiger partial charge on any atom is -0.378 e. The van der Waals surface area contributed by atoms with Crippen LogP contribution in [0.2, 0.25) is 0 Å². The van der Waals surface area contributed by atoms with Crippen molar-refractivity contribution < 1.29 is 14.3 Å². The molecule has 0 aromatic rings. The lowest BCUT2D eigenvalue weighted by Gasteiger charge is -2.11. The zero-order chi connectivity index (χ0) is 20.4. The molecular weight excluding hydrogens is 302 g/mol. The van der Waals surface area contributed by atoms with Gasteiger partial charge >= 0.3 is 0 Å². The Hall–Kier alpha value is -0.900. The van der Waals surface area contributed by atoms with Crippen molar-refractivity contribution in [2.75, 3.05) is 6.61 Å². The number of hydrogen-bond donors (Lipinski definition) is 1. The van der Waals surface area contributed by atoms with Crippen LogP contribution in [0.3, 0.4) is 0 Å². The Bertz CT molecular complexity index is 219. The van der Waals surface area contributed by atoms with E-state index in [4.69, 9.17) is 10.5 Å². The molecule has 0 aliphatic carbocycles. The van der Waals surface area contributed by atoms with Gasteiger partial charge in [-0.15, -0.1) is 0 Å². The van der Waals surface area contributed by atoms with Gasteiger partial charge in [0.2, 0.25) is 5.91 Å². The molecule has 0 bridgehead atoms. The van der Waals surface area contributed by atoms with E-state index in [2.05, 4.69) is 6.92 Å². The van der Waals surface area contributed by atoms with E-state index in [-0.39, 0.29) is 17.8 Å². The quantitative estimate of drug-likeness (QED) is 0.526. The Morgan fingerprint density at radius 3 is 1.62 bits per heavy atom. The molecule has 0 saturated carbocycles. The van der Waals surface area contributed by atoms with E-state index in [1.54, 1.807) is 6.92 Å². The molecule has 0 radical (unpaired) electrons. The van der Waals surface area contributed by atoms with Crippen molar-refractivity contribution in [1.29, 1.82) is 0 Å². The maximum absolute atomic E-state index is 10.6. The van der Waals surface area contributed by atoms with Crippen LogP contribution in [0.25, 0.3) is 0 Å². The number of unbranched alkanes of at least 4 members (excludes halogenated alkanes) is 1. The normalized spacial score (nSPS) is 9.25. The molecule has 0 spiro atoms. The second-order valence-corrected chi connectivity index (χ2v) is 4.49. The van der Waals surface area contributed by atoms with Gasteiger partial charge in [-0.2, -0.15) is 0 Å². The zero-order valence-electron chi connectivity index (χ0n) is 18.3. The van der Waals surface area contributed by atoms with E-state index in [0.29, 0.717) is 12.8 Å². The largest absolute Gasteiger partial charge is 0.378 e. The smallest absolute Gasteiger partial charge is 0.217 e. The number of hydrogen-bond acceptors (Lipinski definition) is 3. The van der Waals surface area contributed by atoms with E-state index in [1.807, 2.05) is 55.4 Å². The molecular formula is C20H47NO3. The first-order valence-corrected chi connectivity index (χ1v) is 9.83. The van der Waals surface area contributed by atoms with E-state index in [9.17, 15) is 9.59 Å². The summed E-state index contributed by atoms with van der Waals surface area (Å²) in [6.07, 6.45) is 5.39. The summed E-state index contributed by atoms with van der Waals surface area (Å²) in [5.74, 6) is 0.0402. The fourth-order valence-electron chi connectivity index (χ4n) is 1.17. The first-order chi connectivity index (χ1) is 11.4. The lowest BCUT2D eigenvalue weighted by atomic mass is 10.2. The molecule has 1 unspecified atom stereocenters. The van der Waals surface area contributed by atoms with Crippen molar-refractivity contribution in [3.8, 4) is 0 Å². The van der Waals surface area contributed by atoms with Gasteiger partial charge in [0.25, 0.3) is 0 Å². The number of nitrogens with two attached hydrogens (primary N) is 1. The number of rotatable bonds is 9. The second-order valence-electron chi connectivity index (χ2n) is 4.49. The fourth-order valence-corrected chi connectivity index (χ4v) is 1.17. The Kier molecular flexibility index (Phi) is 54.5. The van der Waals surface area contributed by atoms with E-state index in [1.165, 1.54) is 6.42 Å². The van der Waals surface area contributed by atoms with E-state index < -0.39 is 0 Å². The molecule has 0 rings (SSSR count). The number of Topliss-reactive ketones (excluding diaryl/α,β-unsaturated/α-hetero) is 1. The minimum atomic E-state index is -0.211. The van der Waals surface area contributed by atoms with Crippen LogP contribution in [-0.2, 0) is 14.3 Å². The van der Waals surface area contributed by atoms with Gasteiger partial charge in [0.15, 0.2) is 0 Å². The lowest BCUT2D eigenvalue weighted by Crippen LogP contribution is -2.10.